The molecule has 0 unspecified atom stereocenters. The molecule has 0 spiro atoms. The Kier molecular flexibility index (Phi) is 6.13. The number of hydrogen-bond acceptors (Lipinski definition) is 3. The number of nitrogens with one attached hydrogen (secondary N) is 2. The summed E-state index contributed by atoms with van der Waals surface area (Å²) in [4.78, 5) is 25.0. The van der Waals surface area contributed by atoms with E-state index in [9.17, 15) is 9.59 Å². The number of carbonyl (C=O) groups excluding carboxylic acids is 2. The summed E-state index contributed by atoms with van der Waals surface area (Å²) in [6.45, 7) is 1.18. The molecule has 0 aromatic heterocycles. The predicted molar refractivity (Wildman–Crippen MR) is 113 cm³/mol. The number of benzene rings is 2. The lowest BCUT2D eigenvalue weighted by Gasteiger charge is -2.27. The molecule has 0 saturated heterocycles. The van der Waals surface area contributed by atoms with Gasteiger partial charge in [-0.15, -0.1) is 0 Å². The molecule has 2 aromatic carbocycles. The minimum Gasteiger partial charge on any atom is -0.492 e. The summed E-state index contributed by atoms with van der Waals surface area (Å²) in [6.07, 6.45) is 6.93. The van der Waals surface area contributed by atoms with Crippen LogP contribution in [0.3, 0.4) is 0 Å². The Hall–Kier alpha value is -2.82. The zero-order valence-corrected chi connectivity index (χ0v) is 16.7. The average molecular weight is 392 g/mol. The highest BCUT2D eigenvalue weighted by atomic mass is 16.5. The fraction of sp³-hybridized carbons (Fsp3) is 0.417. The van der Waals surface area contributed by atoms with E-state index in [0.717, 1.165) is 17.9 Å². The monoisotopic (exact) mass is 392 g/mol. The molecule has 1 fully saturated rings. The molecule has 29 heavy (non-hydrogen) atoms. The van der Waals surface area contributed by atoms with Gasteiger partial charge in [0, 0.05) is 17.8 Å². The first kappa shape index (κ1) is 19.5. The van der Waals surface area contributed by atoms with Gasteiger partial charge in [-0.1, -0.05) is 37.5 Å². The van der Waals surface area contributed by atoms with Crippen molar-refractivity contribution in [3.63, 3.8) is 0 Å². The van der Waals surface area contributed by atoms with Gasteiger partial charge in [-0.05, 0) is 61.1 Å². The maximum absolute atomic E-state index is 12.6. The van der Waals surface area contributed by atoms with Crippen LogP contribution in [0, 0.1) is 11.8 Å². The number of rotatable bonds is 5. The summed E-state index contributed by atoms with van der Waals surface area (Å²) in [7, 11) is 0. The molecule has 4 rings (SSSR count). The van der Waals surface area contributed by atoms with Crippen LogP contribution in [0.25, 0.3) is 0 Å². The molecular weight excluding hydrogens is 364 g/mol. The Bertz CT molecular complexity index is 860. The third-order valence-corrected chi connectivity index (χ3v) is 5.92. The van der Waals surface area contributed by atoms with E-state index in [2.05, 4.69) is 10.6 Å². The summed E-state index contributed by atoms with van der Waals surface area (Å²) in [5.74, 6) is 1.14. The van der Waals surface area contributed by atoms with E-state index in [1.54, 1.807) is 12.1 Å². The van der Waals surface area contributed by atoms with Gasteiger partial charge < -0.3 is 15.4 Å². The van der Waals surface area contributed by atoms with Crippen LogP contribution in [-0.4, -0.2) is 25.0 Å². The van der Waals surface area contributed by atoms with Crippen LogP contribution < -0.4 is 15.4 Å². The van der Waals surface area contributed by atoms with Gasteiger partial charge in [0.25, 0.3) is 5.91 Å². The Morgan fingerprint density at radius 3 is 2.59 bits per heavy atom. The molecule has 1 saturated carbocycles. The van der Waals surface area contributed by atoms with Gasteiger partial charge in [0.1, 0.15) is 12.4 Å². The van der Waals surface area contributed by atoms with Crippen molar-refractivity contribution < 1.29 is 14.3 Å². The highest BCUT2D eigenvalue weighted by molar-refractivity contribution is 6.04. The third-order valence-electron chi connectivity index (χ3n) is 5.92. The lowest BCUT2D eigenvalue weighted by atomic mass is 9.89. The molecule has 5 nitrogen and oxygen atoms in total. The van der Waals surface area contributed by atoms with E-state index in [4.69, 9.17) is 4.74 Å². The maximum Gasteiger partial charge on any atom is 0.255 e. The second-order valence-corrected chi connectivity index (χ2v) is 8.10. The van der Waals surface area contributed by atoms with Crippen molar-refractivity contribution in [2.45, 2.75) is 38.5 Å². The van der Waals surface area contributed by atoms with E-state index >= 15 is 0 Å². The Labute approximate surface area is 171 Å². The van der Waals surface area contributed by atoms with Gasteiger partial charge in [0.2, 0.25) is 5.91 Å². The molecule has 152 valence electrons. The molecule has 1 heterocycles. The topological polar surface area (TPSA) is 67.4 Å². The van der Waals surface area contributed by atoms with Gasteiger partial charge in [0.05, 0.1) is 5.92 Å². The van der Waals surface area contributed by atoms with Crippen LogP contribution in [0.15, 0.2) is 48.5 Å². The number of anilines is 1. The first-order valence-electron chi connectivity index (χ1n) is 10.6. The number of ether oxygens (including phenoxy) is 1. The number of hydrogen-bond donors (Lipinski definition) is 2. The maximum atomic E-state index is 12.6. The molecular formula is C24H28N2O3. The summed E-state index contributed by atoms with van der Waals surface area (Å²) in [5, 5.41) is 6.06. The molecule has 1 aliphatic heterocycles. The molecule has 2 aliphatic rings. The number of amides is 2. The van der Waals surface area contributed by atoms with E-state index in [0.29, 0.717) is 30.2 Å². The first-order chi connectivity index (χ1) is 14.2. The molecule has 2 aromatic rings. The zero-order chi connectivity index (χ0) is 20.1. The predicted octanol–water partition coefficient (Wildman–Crippen LogP) is 4.19. The molecule has 0 bridgehead atoms. The fourth-order valence-corrected chi connectivity index (χ4v) is 4.21. The quantitative estimate of drug-likeness (QED) is 0.802. The Morgan fingerprint density at radius 1 is 1.00 bits per heavy atom. The largest absolute Gasteiger partial charge is 0.492 e. The van der Waals surface area contributed by atoms with Gasteiger partial charge in [-0.2, -0.15) is 0 Å². The third kappa shape index (κ3) is 4.97. The van der Waals surface area contributed by atoms with Crippen molar-refractivity contribution in [2.24, 2.45) is 11.8 Å². The summed E-state index contributed by atoms with van der Waals surface area (Å²) in [5.41, 5.74) is 2.28. The molecule has 0 radical (unpaired) electrons. The lowest BCUT2D eigenvalue weighted by Crippen LogP contribution is -2.39. The minimum atomic E-state index is -0.189. The second-order valence-electron chi connectivity index (χ2n) is 8.10. The number of carbonyl (C=O) groups is 2. The average Bonchev–Trinajstić information content (AvgIpc) is 2.78. The Morgan fingerprint density at radius 2 is 1.79 bits per heavy atom. The zero-order valence-electron chi connectivity index (χ0n) is 16.7. The van der Waals surface area contributed by atoms with Gasteiger partial charge >= 0.3 is 0 Å². The molecule has 2 amide bonds. The van der Waals surface area contributed by atoms with Crippen LogP contribution in [0.2, 0.25) is 0 Å². The Balaban J connectivity index is 1.36. The highest BCUT2D eigenvalue weighted by Gasteiger charge is 2.27. The van der Waals surface area contributed by atoms with Crippen molar-refractivity contribution in [2.75, 3.05) is 18.5 Å². The van der Waals surface area contributed by atoms with E-state index in [1.165, 1.54) is 32.1 Å². The van der Waals surface area contributed by atoms with Gasteiger partial charge in [-0.3, -0.25) is 9.59 Å². The second kappa shape index (κ2) is 9.12. The fourth-order valence-electron chi connectivity index (χ4n) is 4.21. The summed E-state index contributed by atoms with van der Waals surface area (Å²) in [6, 6.07) is 14.7. The van der Waals surface area contributed by atoms with Gasteiger partial charge in [0.15, 0.2) is 0 Å². The van der Waals surface area contributed by atoms with Crippen molar-refractivity contribution in [1.82, 2.24) is 5.32 Å². The standard InChI is InChI=1S/C24H28N2O3/c27-23(25-15-17-7-3-1-4-8-17)20-13-19-14-21(11-12-22(19)29-16-20)26-24(28)18-9-5-2-6-10-18/h2,5-6,9-12,14,17,20H,1,3-4,7-8,13,15-16H2,(H,25,27)(H,26,28)/t20-/m0/s1. The summed E-state index contributed by atoms with van der Waals surface area (Å²) < 4.78 is 5.82. The van der Waals surface area contributed by atoms with E-state index in [-0.39, 0.29) is 17.7 Å². The smallest absolute Gasteiger partial charge is 0.255 e. The van der Waals surface area contributed by atoms with Crippen molar-refractivity contribution >= 4 is 17.5 Å². The van der Waals surface area contributed by atoms with E-state index < -0.39 is 0 Å². The summed E-state index contributed by atoms with van der Waals surface area (Å²) >= 11 is 0. The van der Waals surface area contributed by atoms with Crippen LogP contribution >= 0.6 is 0 Å². The van der Waals surface area contributed by atoms with Crippen molar-refractivity contribution in [3.8, 4) is 5.75 Å². The normalized spacial score (nSPS) is 19.0. The lowest BCUT2D eigenvalue weighted by molar-refractivity contribution is -0.126. The van der Waals surface area contributed by atoms with E-state index in [1.807, 2.05) is 36.4 Å². The molecule has 1 atom stereocenters. The number of fused-ring (bicyclic) bond motifs is 1. The molecule has 2 N–H and O–H groups in total. The van der Waals surface area contributed by atoms with Crippen LogP contribution in [0.5, 0.6) is 5.75 Å². The van der Waals surface area contributed by atoms with Gasteiger partial charge in [-0.25, -0.2) is 0 Å². The SMILES string of the molecule is O=C(Nc1ccc2c(c1)C[C@H](C(=O)NCC1CCCCC1)CO2)c1ccccc1. The van der Waals surface area contributed by atoms with Crippen LogP contribution in [0.1, 0.15) is 48.0 Å². The van der Waals surface area contributed by atoms with Crippen molar-refractivity contribution in [3.05, 3.63) is 59.7 Å². The minimum absolute atomic E-state index is 0.0694. The molecule has 5 heteroatoms. The van der Waals surface area contributed by atoms with Crippen LogP contribution in [-0.2, 0) is 11.2 Å². The highest BCUT2D eigenvalue weighted by Crippen LogP contribution is 2.30. The first-order valence-corrected chi connectivity index (χ1v) is 10.6. The van der Waals surface area contributed by atoms with Crippen LogP contribution in [0.4, 0.5) is 5.69 Å². The van der Waals surface area contributed by atoms with Crippen molar-refractivity contribution in [1.29, 1.82) is 0 Å². The molecule has 1 aliphatic carbocycles.